The van der Waals surface area contributed by atoms with Gasteiger partial charge >= 0.3 is 5.97 Å². The minimum Gasteiger partial charge on any atom is -0.504 e. The maximum Gasteiger partial charge on any atom is 0.372 e. The van der Waals surface area contributed by atoms with Crippen LogP contribution in [-0.2, 0) is 16.1 Å². The second-order valence-corrected chi connectivity index (χ2v) is 9.74. The molecule has 2 rings (SSSR count). The molecule has 0 fully saturated rings. The Balaban J connectivity index is 1.53. The Bertz CT molecular complexity index is 929. The molecule has 1 N–H and O–H groups in total. The molecule has 0 unspecified atom stereocenters. The molecule has 37 heavy (non-hydrogen) atoms. The number of methoxy groups -OCH3 is 1. The van der Waals surface area contributed by atoms with Crippen LogP contribution in [0.5, 0.6) is 11.5 Å². The van der Waals surface area contributed by atoms with Crippen molar-refractivity contribution in [2.45, 2.75) is 103 Å². The highest BCUT2D eigenvalue weighted by molar-refractivity contribution is 5.82. The summed E-state index contributed by atoms with van der Waals surface area (Å²) in [6.45, 7) is 2.91. The van der Waals surface area contributed by atoms with E-state index in [2.05, 4.69) is 11.9 Å². The number of benzene rings is 1. The Labute approximate surface area is 223 Å². The molecule has 0 aliphatic heterocycles. The van der Waals surface area contributed by atoms with Crippen molar-refractivity contribution < 1.29 is 23.9 Å². The van der Waals surface area contributed by atoms with Crippen molar-refractivity contribution in [2.75, 3.05) is 13.7 Å². The van der Waals surface area contributed by atoms with E-state index in [4.69, 9.17) is 9.47 Å². The van der Waals surface area contributed by atoms with Crippen molar-refractivity contribution in [1.82, 2.24) is 0 Å². The molecular formula is C31H47N2O4+. The Morgan fingerprint density at radius 2 is 1.54 bits per heavy atom. The monoisotopic (exact) mass is 511 g/mol. The van der Waals surface area contributed by atoms with Gasteiger partial charge < -0.3 is 14.6 Å². The minimum atomic E-state index is -0.232. The van der Waals surface area contributed by atoms with Gasteiger partial charge in [-0.3, -0.25) is 0 Å². The van der Waals surface area contributed by atoms with Gasteiger partial charge in [-0.25, -0.2) is 9.79 Å². The number of unbranched alkanes of at least 4 members (excludes halogenated alkanes) is 13. The summed E-state index contributed by atoms with van der Waals surface area (Å²) in [6.07, 6.45) is 23.7. The third-order valence-corrected chi connectivity index (χ3v) is 6.48. The van der Waals surface area contributed by atoms with Crippen molar-refractivity contribution in [3.8, 4) is 11.5 Å². The molecule has 1 heterocycles. The van der Waals surface area contributed by atoms with E-state index < -0.39 is 0 Å². The quantitative estimate of drug-likeness (QED) is 0.0866. The number of carbonyl (C=O) groups excluding carboxylic acids is 1. The molecule has 0 atom stereocenters. The van der Waals surface area contributed by atoms with Crippen molar-refractivity contribution in [1.29, 1.82) is 0 Å². The van der Waals surface area contributed by atoms with E-state index in [-0.39, 0.29) is 18.3 Å². The topological polar surface area (TPSA) is 72.0 Å². The molecule has 2 aromatic rings. The zero-order valence-electron chi connectivity index (χ0n) is 23.0. The fourth-order valence-corrected chi connectivity index (χ4v) is 4.28. The first-order valence-corrected chi connectivity index (χ1v) is 14.2. The maximum atomic E-state index is 12.2. The summed E-state index contributed by atoms with van der Waals surface area (Å²) in [6, 6.07) is 8.76. The molecule has 0 saturated heterocycles. The Morgan fingerprint density at radius 3 is 2.16 bits per heavy atom. The van der Waals surface area contributed by atoms with Crippen molar-refractivity contribution in [3.63, 3.8) is 0 Å². The number of carbonyl (C=O) groups is 1. The van der Waals surface area contributed by atoms with Crippen LogP contribution in [0.3, 0.4) is 0 Å². The maximum absolute atomic E-state index is 12.2. The second kappa shape index (κ2) is 19.3. The summed E-state index contributed by atoms with van der Waals surface area (Å²) in [5.41, 5.74) is 1.52. The number of pyridine rings is 1. The van der Waals surface area contributed by atoms with Gasteiger partial charge in [-0.1, -0.05) is 90.4 Å². The van der Waals surface area contributed by atoms with Gasteiger partial charge in [0.25, 0.3) is 0 Å². The van der Waals surface area contributed by atoms with Crippen molar-refractivity contribution >= 4 is 17.9 Å². The summed E-state index contributed by atoms with van der Waals surface area (Å²) in [7, 11) is 1.51. The lowest BCUT2D eigenvalue weighted by Gasteiger charge is -2.04. The van der Waals surface area contributed by atoms with Crippen LogP contribution >= 0.6 is 0 Å². The van der Waals surface area contributed by atoms with Gasteiger partial charge in [0.1, 0.15) is 5.69 Å². The van der Waals surface area contributed by atoms with Crippen molar-refractivity contribution in [3.05, 3.63) is 48.3 Å². The van der Waals surface area contributed by atoms with Crippen LogP contribution in [0.1, 0.15) is 102 Å². The third-order valence-electron chi connectivity index (χ3n) is 6.48. The first kappa shape index (κ1) is 30.3. The number of ether oxygens (including phenoxy) is 2. The van der Waals surface area contributed by atoms with E-state index in [1.165, 1.54) is 84.2 Å². The average molecular weight is 512 g/mol. The van der Waals surface area contributed by atoms with Gasteiger partial charge in [0.2, 0.25) is 6.54 Å². The van der Waals surface area contributed by atoms with Crippen LogP contribution in [-0.4, -0.2) is 31.0 Å². The number of hydrogen-bond donors (Lipinski definition) is 1. The summed E-state index contributed by atoms with van der Waals surface area (Å²) in [5.74, 6) is 0.252. The van der Waals surface area contributed by atoms with Gasteiger partial charge in [0, 0.05) is 12.3 Å². The zero-order valence-corrected chi connectivity index (χ0v) is 23.0. The van der Waals surface area contributed by atoms with Crippen LogP contribution in [0.15, 0.2) is 47.7 Å². The Kier molecular flexibility index (Phi) is 15.8. The number of phenolic OH excluding ortho intramolecular Hbond substituents is 1. The lowest BCUT2D eigenvalue weighted by molar-refractivity contribution is -0.685. The van der Waals surface area contributed by atoms with Gasteiger partial charge in [-0.15, -0.1) is 0 Å². The van der Waals surface area contributed by atoms with Crippen LogP contribution in [0, 0.1) is 0 Å². The number of phenols is 1. The van der Waals surface area contributed by atoms with Gasteiger partial charge in [0.05, 0.1) is 13.7 Å². The standard InChI is InChI=1S/C31H46N2O4/c1-3-4-5-6-7-8-9-10-11-12-13-14-15-16-22-37-31(35)26-33-21-17-18-28(25-33)32-24-27-19-20-29(34)30(23-27)36-2/h17-21,23-25H,3-16,22,26H2,1-2H3/p+1. The number of aliphatic imine (C=N–C) groups is 1. The smallest absolute Gasteiger partial charge is 0.372 e. The lowest BCUT2D eigenvalue weighted by Crippen LogP contribution is -2.37. The normalized spacial score (nSPS) is 11.2. The molecule has 0 spiro atoms. The van der Waals surface area contributed by atoms with Gasteiger partial charge in [0.15, 0.2) is 23.9 Å². The number of esters is 1. The molecular weight excluding hydrogens is 464 g/mol. The fraction of sp³-hybridized carbons (Fsp3) is 0.581. The second-order valence-electron chi connectivity index (χ2n) is 9.74. The van der Waals surface area contributed by atoms with Crippen LogP contribution in [0.4, 0.5) is 5.69 Å². The Morgan fingerprint density at radius 1 is 0.919 bits per heavy atom. The molecule has 1 aromatic carbocycles. The average Bonchev–Trinajstić information content (AvgIpc) is 2.90. The van der Waals surface area contributed by atoms with Gasteiger partial charge in [-0.05, 0) is 36.2 Å². The molecule has 0 aliphatic rings. The molecule has 6 heteroatoms. The predicted octanol–water partition coefficient (Wildman–Crippen LogP) is 7.46. The van der Waals surface area contributed by atoms with E-state index in [1.807, 2.05) is 24.5 Å². The molecule has 0 saturated carbocycles. The molecule has 1 aromatic heterocycles. The summed E-state index contributed by atoms with van der Waals surface area (Å²) in [5, 5.41) is 9.71. The zero-order chi connectivity index (χ0) is 26.6. The van der Waals surface area contributed by atoms with Crippen molar-refractivity contribution in [2.24, 2.45) is 4.99 Å². The SMILES string of the molecule is CCCCCCCCCCCCCCCCOC(=O)C[n+]1cccc(N=Cc2ccc(O)c(OC)c2)c1. The first-order valence-electron chi connectivity index (χ1n) is 14.2. The van der Waals surface area contributed by atoms with Crippen LogP contribution in [0.2, 0.25) is 0 Å². The number of hydrogen-bond acceptors (Lipinski definition) is 5. The summed E-state index contributed by atoms with van der Waals surface area (Å²) < 4.78 is 12.3. The predicted molar refractivity (Wildman–Crippen MR) is 150 cm³/mol. The molecule has 0 radical (unpaired) electrons. The number of aromatic hydroxyl groups is 1. The minimum absolute atomic E-state index is 0.0878. The van der Waals surface area contributed by atoms with E-state index in [0.29, 0.717) is 18.0 Å². The van der Waals surface area contributed by atoms with Gasteiger partial charge in [-0.2, -0.15) is 4.57 Å². The largest absolute Gasteiger partial charge is 0.504 e. The van der Waals surface area contributed by atoms with Crippen LogP contribution < -0.4 is 9.30 Å². The molecule has 0 amide bonds. The molecule has 6 nitrogen and oxygen atoms in total. The lowest BCUT2D eigenvalue weighted by atomic mass is 10.0. The first-order chi connectivity index (χ1) is 18.1. The molecule has 0 bridgehead atoms. The van der Waals surface area contributed by atoms with Crippen LogP contribution in [0.25, 0.3) is 0 Å². The molecule has 0 aliphatic carbocycles. The number of aromatic nitrogens is 1. The van der Waals surface area contributed by atoms with E-state index >= 15 is 0 Å². The third kappa shape index (κ3) is 13.8. The highest BCUT2D eigenvalue weighted by Gasteiger charge is 2.11. The summed E-state index contributed by atoms with van der Waals surface area (Å²) >= 11 is 0. The summed E-state index contributed by atoms with van der Waals surface area (Å²) in [4.78, 5) is 16.7. The van der Waals surface area contributed by atoms with E-state index in [0.717, 1.165) is 18.4 Å². The Hall–Kier alpha value is -2.89. The number of nitrogens with zero attached hydrogens (tertiary/aromatic N) is 2. The molecule has 204 valence electrons. The fourth-order valence-electron chi connectivity index (χ4n) is 4.28. The van der Waals surface area contributed by atoms with E-state index in [1.54, 1.807) is 29.0 Å². The van der Waals surface area contributed by atoms with E-state index in [9.17, 15) is 9.90 Å². The number of rotatable bonds is 20. The highest BCUT2D eigenvalue weighted by Crippen LogP contribution is 2.25. The highest BCUT2D eigenvalue weighted by atomic mass is 16.5.